The molecule has 166 valence electrons. The number of hydrogen-bond donors (Lipinski definition) is 0. The first-order valence-corrected chi connectivity index (χ1v) is 19.9. The minimum absolute atomic E-state index is 0. The van der Waals surface area contributed by atoms with E-state index in [-0.39, 0.29) is 39.7 Å². The molecule has 0 saturated carbocycles. The Morgan fingerprint density at radius 3 is 1.50 bits per heavy atom. The van der Waals surface area contributed by atoms with Crippen LogP contribution in [-0.2, 0) is 19.2 Å². The summed E-state index contributed by atoms with van der Waals surface area (Å²) >= 11 is 2.03. The van der Waals surface area contributed by atoms with Gasteiger partial charge in [-0.25, -0.2) is 16.8 Å². The van der Waals surface area contributed by atoms with Gasteiger partial charge in [0, 0.05) is 8.07 Å². The molecule has 0 radical (unpaired) electrons. The van der Waals surface area contributed by atoms with E-state index in [0.717, 1.165) is 0 Å². The summed E-state index contributed by atoms with van der Waals surface area (Å²) in [4.78, 5) is 0. The molecular formula is C22H44Cl2Si3Ti-4. The van der Waals surface area contributed by atoms with Gasteiger partial charge in [0.2, 0.25) is 0 Å². The Morgan fingerprint density at radius 2 is 1.36 bits per heavy atom. The average Bonchev–Trinajstić information content (AvgIpc) is 3.04. The van der Waals surface area contributed by atoms with Gasteiger partial charge < -0.3 is 14.9 Å². The zero-order valence-electron chi connectivity index (χ0n) is 20.3. The molecule has 0 aromatic carbocycles. The quantitative estimate of drug-likeness (QED) is 0.267. The molecular weight excluding hydrogens is 467 g/mol. The monoisotopic (exact) mass is 510 g/mol. The van der Waals surface area contributed by atoms with E-state index in [9.17, 15) is 0 Å². The Balaban J connectivity index is -0.000000106. The maximum absolute atomic E-state index is 3.53. The van der Waals surface area contributed by atoms with Crippen LogP contribution in [0, 0.1) is 32.9 Å². The van der Waals surface area contributed by atoms with Crippen LogP contribution in [0.3, 0.4) is 0 Å². The van der Waals surface area contributed by atoms with Crippen molar-refractivity contribution in [3.63, 3.8) is 0 Å². The zero-order chi connectivity index (χ0) is 19.3. The topological polar surface area (TPSA) is 0 Å². The van der Waals surface area contributed by atoms with Crippen molar-refractivity contribution in [1.82, 2.24) is 0 Å². The molecule has 0 aromatic rings. The van der Waals surface area contributed by atoms with Crippen molar-refractivity contribution >= 4 is 48.6 Å². The number of allylic oxidation sites excluding steroid dienone is 8. The van der Waals surface area contributed by atoms with E-state index in [0.29, 0.717) is 11.5 Å². The van der Waals surface area contributed by atoms with Crippen molar-refractivity contribution in [3.8, 4) is 0 Å². The van der Waals surface area contributed by atoms with Crippen LogP contribution < -0.4 is 0 Å². The Labute approximate surface area is 206 Å². The summed E-state index contributed by atoms with van der Waals surface area (Å²) < 4.78 is 0. The van der Waals surface area contributed by atoms with Crippen LogP contribution in [0.5, 0.6) is 0 Å². The average molecular weight is 512 g/mol. The van der Waals surface area contributed by atoms with Crippen molar-refractivity contribution in [2.75, 3.05) is 0 Å². The summed E-state index contributed by atoms with van der Waals surface area (Å²) in [6.45, 7) is 23.1. The van der Waals surface area contributed by atoms with E-state index in [2.05, 4.69) is 91.3 Å². The predicted molar refractivity (Wildman–Crippen MR) is 142 cm³/mol. The third-order valence-corrected chi connectivity index (χ3v) is 9.04. The second kappa shape index (κ2) is 16.6. The number of hydrogen-bond acceptors (Lipinski definition) is 0. The van der Waals surface area contributed by atoms with Gasteiger partial charge in [-0.05, 0) is 8.07 Å². The number of halogens is 2. The summed E-state index contributed by atoms with van der Waals surface area (Å²) in [7, 11) is -0.260. The molecule has 2 aliphatic rings. The Bertz CT molecular complexity index is 565. The molecule has 28 heavy (non-hydrogen) atoms. The van der Waals surface area contributed by atoms with E-state index in [1.165, 1.54) is 16.7 Å². The van der Waals surface area contributed by atoms with Gasteiger partial charge in [-0.3, -0.25) is 12.2 Å². The summed E-state index contributed by atoms with van der Waals surface area (Å²) in [6.07, 6.45) is 11.6. The van der Waals surface area contributed by atoms with Gasteiger partial charge in [-0.15, -0.1) is 37.3 Å². The fourth-order valence-electron chi connectivity index (χ4n) is 2.58. The summed E-state index contributed by atoms with van der Waals surface area (Å²) in [5, 5.41) is 1.60. The Kier molecular flexibility index (Phi) is 23.3. The first-order valence-electron chi connectivity index (χ1n) is 8.78. The molecule has 0 spiro atoms. The third kappa shape index (κ3) is 12.6. The fraction of sp³-hybridized carbons (Fsp3) is 0.545. The predicted octanol–water partition coefficient (Wildman–Crippen LogP) is 7.42. The second-order valence-electron chi connectivity index (χ2n) is 8.83. The van der Waals surface area contributed by atoms with Gasteiger partial charge in [-0.1, -0.05) is 66.0 Å². The molecule has 2 rings (SSSR count). The molecule has 0 aromatic heterocycles. The van der Waals surface area contributed by atoms with Gasteiger partial charge in [0.25, 0.3) is 0 Å². The van der Waals surface area contributed by atoms with Crippen LogP contribution >= 0.6 is 24.8 Å². The van der Waals surface area contributed by atoms with Crippen LogP contribution in [0.4, 0.5) is 0 Å². The molecule has 2 aliphatic carbocycles. The molecule has 0 fully saturated rings. The maximum atomic E-state index is 3.53. The third-order valence-electron chi connectivity index (χ3n) is 4.80. The van der Waals surface area contributed by atoms with Crippen molar-refractivity contribution < 1.29 is 19.2 Å². The SMILES string of the molecule is CC1=[C-]C(C)C(C)=C1C.C[Si](C)(C)C1=CC([Si](C)(C)C)[C-]=C1.Cl.Cl.[CH3-].[CH3-].[SiH2]=[Ti]. The van der Waals surface area contributed by atoms with E-state index in [1.807, 2.05) is 26.8 Å². The molecule has 0 heterocycles. The summed E-state index contributed by atoms with van der Waals surface area (Å²) in [5.74, 6) is 0.560. The summed E-state index contributed by atoms with van der Waals surface area (Å²) in [6, 6.07) is 0. The van der Waals surface area contributed by atoms with E-state index < -0.39 is 16.1 Å². The molecule has 0 nitrogen and oxygen atoms in total. The standard InChI is InChI=1S/C11H21Si2.C9H13.2CH3.2ClH.H2Si.Ti/c1-12(2,3)10-7-8-11(9-10)13(4,5)6;1-6-5-7(2)9(4)8(6)3;;;;;;/h7,9,11H,1-6H3;6H,1-4H3;2*1H3;2*1H;1H2;/q4*-1;;;;. The van der Waals surface area contributed by atoms with Crippen LogP contribution in [0.2, 0.25) is 44.8 Å². The molecule has 0 amide bonds. The molecule has 0 N–H and O–H groups in total. The Morgan fingerprint density at radius 1 is 0.929 bits per heavy atom. The van der Waals surface area contributed by atoms with E-state index >= 15 is 0 Å². The molecule has 0 aliphatic heterocycles. The van der Waals surface area contributed by atoms with Gasteiger partial charge >= 0.3 is 26.8 Å². The molecule has 6 heteroatoms. The van der Waals surface area contributed by atoms with Gasteiger partial charge in [0.05, 0.1) is 0 Å². The first-order chi connectivity index (χ1) is 10.8. The normalized spacial score (nSPS) is 19.8. The van der Waals surface area contributed by atoms with Crippen LogP contribution in [0.1, 0.15) is 27.7 Å². The van der Waals surface area contributed by atoms with Crippen LogP contribution in [0.25, 0.3) is 0 Å². The molecule has 0 bridgehead atoms. The molecule has 2 atom stereocenters. The van der Waals surface area contributed by atoms with Crippen molar-refractivity contribution in [2.24, 2.45) is 5.92 Å². The van der Waals surface area contributed by atoms with Crippen LogP contribution in [0.15, 0.2) is 34.1 Å². The first kappa shape index (κ1) is 39.4. The van der Waals surface area contributed by atoms with Crippen molar-refractivity contribution in [3.05, 3.63) is 61.1 Å². The fourth-order valence-corrected chi connectivity index (χ4v) is 5.20. The van der Waals surface area contributed by atoms with Crippen LogP contribution in [-0.4, -0.2) is 23.8 Å². The van der Waals surface area contributed by atoms with E-state index in [4.69, 9.17) is 0 Å². The van der Waals surface area contributed by atoms with Crippen molar-refractivity contribution in [1.29, 1.82) is 0 Å². The summed E-state index contributed by atoms with van der Waals surface area (Å²) in [5.41, 5.74) is 4.91. The molecule has 2 unspecified atom stereocenters. The van der Waals surface area contributed by atoms with Gasteiger partial charge in [-0.2, -0.15) is 17.2 Å². The van der Waals surface area contributed by atoms with Crippen molar-refractivity contribution in [2.45, 2.75) is 72.5 Å². The van der Waals surface area contributed by atoms with Gasteiger partial charge in [0.1, 0.15) is 0 Å². The minimum atomic E-state index is -1.08. The Hall–Kier alpha value is 0.905. The molecule has 0 saturated heterocycles. The zero-order valence-corrected chi connectivity index (χ0v) is 26.9. The van der Waals surface area contributed by atoms with Gasteiger partial charge in [0.15, 0.2) is 0 Å². The number of rotatable bonds is 2. The second-order valence-corrected chi connectivity index (χ2v) is 19.3. The van der Waals surface area contributed by atoms with E-state index in [1.54, 1.807) is 5.20 Å².